The molecule has 1 aliphatic rings. The van der Waals surface area contributed by atoms with Crippen molar-refractivity contribution in [2.45, 2.75) is 31.7 Å². The van der Waals surface area contributed by atoms with E-state index in [2.05, 4.69) is 4.74 Å². The fraction of sp³-hybridized carbons (Fsp3) is 0.750. The third kappa shape index (κ3) is 4.51. The summed E-state index contributed by atoms with van der Waals surface area (Å²) in [6.45, 7) is 0.912. The molecule has 0 bridgehead atoms. The van der Waals surface area contributed by atoms with Crippen LogP contribution in [0, 0.1) is 5.92 Å². The minimum atomic E-state index is -1.01. The number of carboxylic acid groups (broad SMARTS) is 1. The van der Waals surface area contributed by atoms with Gasteiger partial charge in [-0.2, -0.15) is 0 Å². The predicted molar refractivity (Wildman–Crippen MR) is 66.2 cm³/mol. The van der Waals surface area contributed by atoms with E-state index in [0.29, 0.717) is 32.4 Å². The summed E-state index contributed by atoms with van der Waals surface area (Å²) in [5.74, 6) is -1.80. The molecule has 1 amide bonds. The average molecular weight is 272 g/mol. The third-order valence-electron chi connectivity index (χ3n) is 3.26. The van der Waals surface area contributed by atoms with E-state index < -0.39 is 12.0 Å². The van der Waals surface area contributed by atoms with Crippen LogP contribution in [-0.4, -0.2) is 54.1 Å². The van der Waals surface area contributed by atoms with Crippen LogP contribution in [0.3, 0.4) is 0 Å². The number of aliphatic carboxylic acids is 1. The third-order valence-corrected chi connectivity index (χ3v) is 3.26. The molecule has 108 valence electrons. The summed E-state index contributed by atoms with van der Waals surface area (Å²) in [5, 5.41) is 8.62. The Kier molecular flexibility index (Phi) is 5.75. The first kappa shape index (κ1) is 15.4. The van der Waals surface area contributed by atoms with Crippen LogP contribution in [0.5, 0.6) is 0 Å². The fourth-order valence-electron chi connectivity index (χ4n) is 2.10. The number of hydrogen-bond donors (Lipinski definition) is 2. The molecule has 0 aromatic rings. The number of nitrogens with two attached hydrogens (primary N) is 1. The summed E-state index contributed by atoms with van der Waals surface area (Å²) in [6, 6.07) is -0.850. The van der Waals surface area contributed by atoms with E-state index in [9.17, 15) is 14.4 Å². The largest absolute Gasteiger partial charge is 0.480 e. The van der Waals surface area contributed by atoms with Crippen molar-refractivity contribution >= 4 is 17.8 Å². The number of ether oxygens (including phenoxy) is 1. The molecule has 1 saturated heterocycles. The maximum absolute atomic E-state index is 11.6. The van der Waals surface area contributed by atoms with Crippen LogP contribution >= 0.6 is 0 Å². The molecule has 1 rings (SSSR count). The van der Waals surface area contributed by atoms with E-state index in [-0.39, 0.29) is 24.2 Å². The van der Waals surface area contributed by atoms with Gasteiger partial charge in [0, 0.05) is 19.5 Å². The molecule has 1 aliphatic heterocycles. The Bertz CT molecular complexity index is 358. The SMILES string of the molecule is COC(=O)C1CC(=O)N(CCCCC(N)C(=O)O)C1. The summed E-state index contributed by atoms with van der Waals surface area (Å²) in [6.07, 6.45) is 1.90. The average Bonchev–Trinajstić information content (AvgIpc) is 2.74. The number of carboxylic acids is 1. The predicted octanol–water partition coefficient (Wildman–Crippen LogP) is -0.410. The number of nitrogens with zero attached hydrogens (tertiary/aromatic N) is 1. The number of rotatable bonds is 7. The van der Waals surface area contributed by atoms with Crippen LogP contribution in [0.25, 0.3) is 0 Å². The molecule has 7 nitrogen and oxygen atoms in total. The van der Waals surface area contributed by atoms with Crippen molar-refractivity contribution in [3.63, 3.8) is 0 Å². The molecule has 0 radical (unpaired) electrons. The second kappa shape index (κ2) is 7.08. The Labute approximate surface area is 111 Å². The minimum Gasteiger partial charge on any atom is -0.480 e. The number of unbranched alkanes of at least 4 members (excludes halogenated alkanes) is 1. The first-order valence-electron chi connectivity index (χ1n) is 6.29. The summed E-state index contributed by atoms with van der Waals surface area (Å²) >= 11 is 0. The Morgan fingerprint density at radius 2 is 2.21 bits per heavy atom. The van der Waals surface area contributed by atoms with E-state index in [4.69, 9.17) is 10.8 Å². The topological polar surface area (TPSA) is 110 Å². The lowest BCUT2D eigenvalue weighted by Crippen LogP contribution is -2.31. The smallest absolute Gasteiger partial charge is 0.320 e. The maximum atomic E-state index is 11.6. The molecule has 2 atom stereocenters. The molecule has 1 heterocycles. The minimum absolute atomic E-state index is 0.0575. The lowest BCUT2D eigenvalue weighted by molar-refractivity contribution is -0.145. The van der Waals surface area contributed by atoms with E-state index in [1.165, 1.54) is 7.11 Å². The molecule has 0 spiro atoms. The second-order valence-corrected chi connectivity index (χ2v) is 4.70. The molecule has 19 heavy (non-hydrogen) atoms. The second-order valence-electron chi connectivity index (χ2n) is 4.70. The first-order chi connectivity index (χ1) is 8.95. The lowest BCUT2D eigenvalue weighted by atomic mass is 10.1. The van der Waals surface area contributed by atoms with Gasteiger partial charge in [-0.3, -0.25) is 14.4 Å². The summed E-state index contributed by atoms with van der Waals surface area (Å²) < 4.78 is 4.61. The number of carbonyl (C=O) groups is 3. The first-order valence-corrected chi connectivity index (χ1v) is 6.29. The van der Waals surface area contributed by atoms with Gasteiger partial charge in [0.2, 0.25) is 5.91 Å². The molecule has 0 aliphatic carbocycles. The Balaban J connectivity index is 2.25. The highest BCUT2D eigenvalue weighted by Gasteiger charge is 2.34. The van der Waals surface area contributed by atoms with Crippen LogP contribution in [0.2, 0.25) is 0 Å². The van der Waals surface area contributed by atoms with Crippen molar-refractivity contribution in [3.8, 4) is 0 Å². The Morgan fingerprint density at radius 3 is 2.79 bits per heavy atom. The van der Waals surface area contributed by atoms with Crippen LogP contribution in [0.4, 0.5) is 0 Å². The highest BCUT2D eigenvalue weighted by molar-refractivity contribution is 5.86. The number of esters is 1. The lowest BCUT2D eigenvalue weighted by Gasteiger charge is -2.16. The quantitative estimate of drug-likeness (QED) is 0.481. The number of carbonyl (C=O) groups excluding carboxylic acids is 2. The van der Waals surface area contributed by atoms with Crippen molar-refractivity contribution in [2.24, 2.45) is 11.7 Å². The van der Waals surface area contributed by atoms with Crippen molar-refractivity contribution in [1.29, 1.82) is 0 Å². The number of amides is 1. The van der Waals surface area contributed by atoms with Crippen molar-refractivity contribution in [1.82, 2.24) is 4.90 Å². The van der Waals surface area contributed by atoms with Gasteiger partial charge in [-0.1, -0.05) is 0 Å². The summed E-state index contributed by atoms with van der Waals surface area (Å²) in [4.78, 5) is 35.1. The Hall–Kier alpha value is -1.63. The van der Waals surface area contributed by atoms with Gasteiger partial charge in [-0.05, 0) is 19.3 Å². The zero-order chi connectivity index (χ0) is 14.4. The molecule has 0 saturated carbocycles. The summed E-state index contributed by atoms with van der Waals surface area (Å²) in [5.41, 5.74) is 5.38. The van der Waals surface area contributed by atoms with Crippen LogP contribution in [-0.2, 0) is 19.1 Å². The highest BCUT2D eigenvalue weighted by atomic mass is 16.5. The van der Waals surface area contributed by atoms with Gasteiger partial charge < -0.3 is 20.5 Å². The van der Waals surface area contributed by atoms with Crippen LogP contribution in [0.15, 0.2) is 0 Å². The van der Waals surface area contributed by atoms with Crippen molar-refractivity contribution in [2.75, 3.05) is 20.2 Å². The highest BCUT2D eigenvalue weighted by Crippen LogP contribution is 2.19. The van der Waals surface area contributed by atoms with E-state index in [0.717, 1.165) is 0 Å². The molecule has 0 aromatic carbocycles. The standard InChI is InChI=1S/C12H20N2O5/c1-19-12(18)8-6-10(15)14(7-8)5-3-2-4-9(13)11(16)17/h8-9H,2-7,13H2,1H3,(H,16,17). The van der Waals surface area contributed by atoms with Gasteiger partial charge in [0.25, 0.3) is 0 Å². The number of likely N-dealkylation sites (tertiary alicyclic amines) is 1. The molecule has 7 heteroatoms. The van der Waals surface area contributed by atoms with Gasteiger partial charge >= 0.3 is 11.9 Å². The van der Waals surface area contributed by atoms with Crippen LogP contribution in [0.1, 0.15) is 25.7 Å². The van der Waals surface area contributed by atoms with E-state index >= 15 is 0 Å². The zero-order valence-corrected chi connectivity index (χ0v) is 11.0. The van der Waals surface area contributed by atoms with Crippen LogP contribution < -0.4 is 5.73 Å². The van der Waals surface area contributed by atoms with Gasteiger partial charge in [0.05, 0.1) is 13.0 Å². The number of hydrogen-bond acceptors (Lipinski definition) is 5. The molecule has 2 unspecified atom stereocenters. The van der Waals surface area contributed by atoms with Gasteiger partial charge in [0.15, 0.2) is 0 Å². The molecular formula is C12H20N2O5. The fourth-order valence-corrected chi connectivity index (χ4v) is 2.10. The van der Waals surface area contributed by atoms with Gasteiger partial charge in [-0.15, -0.1) is 0 Å². The molecular weight excluding hydrogens is 252 g/mol. The molecule has 0 aromatic heterocycles. The molecule has 3 N–H and O–H groups in total. The molecule has 1 fully saturated rings. The van der Waals surface area contributed by atoms with E-state index in [1.54, 1.807) is 4.90 Å². The number of methoxy groups -OCH3 is 1. The summed E-state index contributed by atoms with van der Waals surface area (Å²) in [7, 11) is 1.31. The van der Waals surface area contributed by atoms with Gasteiger partial charge in [-0.25, -0.2) is 0 Å². The van der Waals surface area contributed by atoms with Crippen molar-refractivity contribution in [3.05, 3.63) is 0 Å². The van der Waals surface area contributed by atoms with Crippen molar-refractivity contribution < 1.29 is 24.2 Å². The monoisotopic (exact) mass is 272 g/mol. The maximum Gasteiger partial charge on any atom is 0.320 e. The van der Waals surface area contributed by atoms with E-state index in [1.807, 2.05) is 0 Å². The van der Waals surface area contributed by atoms with Gasteiger partial charge in [0.1, 0.15) is 6.04 Å². The zero-order valence-electron chi connectivity index (χ0n) is 11.0. The normalized spacial score (nSPS) is 20.4. The Morgan fingerprint density at radius 1 is 1.53 bits per heavy atom.